The molecular weight excluding hydrogens is 164 g/mol. The smallest absolute Gasteiger partial charge is 0.261 e. The van der Waals surface area contributed by atoms with E-state index in [1.165, 1.54) is 4.57 Å². The maximum absolute atomic E-state index is 11.7. The van der Waals surface area contributed by atoms with Crippen molar-refractivity contribution in [3.05, 3.63) is 40.4 Å². The van der Waals surface area contributed by atoms with Crippen LogP contribution in [0.3, 0.4) is 0 Å². The Kier molecular flexibility index (Phi) is 1.65. The molecule has 0 atom stereocenters. The summed E-state index contributed by atoms with van der Waals surface area (Å²) in [5, 5.41) is 0.715. The number of benzene rings is 1. The Hall–Kier alpha value is -1.64. The summed E-state index contributed by atoms with van der Waals surface area (Å²) >= 11 is 0. The average molecular weight is 174 g/mol. The van der Waals surface area contributed by atoms with Crippen molar-refractivity contribution in [2.75, 3.05) is 0 Å². The zero-order valence-electron chi connectivity index (χ0n) is 7.61. The first kappa shape index (κ1) is 7.98. The first-order chi connectivity index (χ1) is 6.20. The minimum Gasteiger partial charge on any atom is -0.302 e. The highest BCUT2D eigenvalue weighted by Crippen LogP contribution is 2.10. The van der Waals surface area contributed by atoms with Crippen LogP contribution in [0, 0.1) is 6.92 Å². The van der Waals surface area contributed by atoms with Crippen LogP contribution in [0.4, 0.5) is 0 Å². The second kappa shape index (κ2) is 2.69. The molecule has 1 heterocycles. The quantitative estimate of drug-likeness (QED) is 0.602. The van der Waals surface area contributed by atoms with Crippen LogP contribution in [0.15, 0.2) is 29.3 Å². The van der Waals surface area contributed by atoms with Crippen molar-refractivity contribution in [3.63, 3.8) is 0 Å². The molecule has 0 saturated carbocycles. The van der Waals surface area contributed by atoms with Crippen molar-refractivity contribution in [2.45, 2.75) is 6.92 Å². The standard InChI is InChI=1S/C10H10N2O/c1-7-4-3-5-8-9(7)10(13)12(2)6-11-8/h3-6H,1-2H3. The van der Waals surface area contributed by atoms with E-state index >= 15 is 0 Å². The summed E-state index contributed by atoms with van der Waals surface area (Å²) in [7, 11) is 1.71. The van der Waals surface area contributed by atoms with E-state index in [1.807, 2.05) is 25.1 Å². The topological polar surface area (TPSA) is 34.9 Å². The molecular formula is C10H10N2O. The van der Waals surface area contributed by atoms with E-state index in [-0.39, 0.29) is 5.56 Å². The molecule has 2 rings (SSSR count). The Morgan fingerprint density at radius 3 is 2.92 bits per heavy atom. The Morgan fingerprint density at radius 2 is 2.15 bits per heavy atom. The summed E-state index contributed by atoms with van der Waals surface area (Å²) in [6.45, 7) is 1.92. The Morgan fingerprint density at radius 1 is 1.38 bits per heavy atom. The van der Waals surface area contributed by atoms with Gasteiger partial charge in [-0.15, -0.1) is 0 Å². The fourth-order valence-electron chi connectivity index (χ4n) is 1.42. The molecule has 0 radical (unpaired) electrons. The van der Waals surface area contributed by atoms with Gasteiger partial charge in [-0.05, 0) is 18.6 Å². The molecule has 3 heteroatoms. The fourth-order valence-corrected chi connectivity index (χ4v) is 1.42. The van der Waals surface area contributed by atoms with E-state index in [0.29, 0.717) is 5.39 Å². The van der Waals surface area contributed by atoms with Gasteiger partial charge in [0.05, 0.1) is 17.2 Å². The van der Waals surface area contributed by atoms with Crippen LogP contribution < -0.4 is 5.56 Å². The zero-order chi connectivity index (χ0) is 9.42. The van der Waals surface area contributed by atoms with Crippen LogP contribution in [-0.2, 0) is 7.05 Å². The zero-order valence-corrected chi connectivity index (χ0v) is 7.61. The van der Waals surface area contributed by atoms with Crippen LogP contribution in [0.25, 0.3) is 10.9 Å². The fraction of sp³-hybridized carbons (Fsp3) is 0.200. The predicted octanol–water partition coefficient (Wildman–Crippen LogP) is 1.24. The van der Waals surface area contributed by atoms with Gasteiger partial charge in [0, 0.05) is 7.05 Å². The Labute approximate surface area is 75.7 Å². The molecule has 0 bridgehead atoms. The van der Waals surface area contributed by atoms with Crippen molar-refractivity contribution in [2.24, 2.45) is 7.05 Å². The molecule has 0 aliphatic rings. The van der Waals surface area contributed by atoms with Gasteiger partial charge in [0.2, 0.25) is 0 Å². The lowest BCUT2D eigenvalue weighted by molar-refractivity contribution is 0.842. The second-order valence-electron chi connectivity index (χ2n) is 3.13. The Balaban J connectivity index is 3.06. The molecule has 0 aliphatic carbocycles. The minimum atomic E-state index is 0.0168. The number of fused-ring (bicyclic) bond motifs is 1. The van der Waals surface area contributed by atoms with E-state index in [0.717, 1.165) is 11.1 Å². The van der Waals surface area contributed by atoms with Gasteiger partial charge in [0.25, 0.3) is 5.56 Å². The lowest BCUT2D eigenvalue weighted by atomic mass is 10.1. The largest absolute Gasteiger partial charge is 0.302 e. The molecule has 2 aromatic rings. The van der Waals surface area contributed by atoms with Gasteiger partial charge in [0.15, 0.2) is 0 Å². The van der Waals surface area contributed by atoms with E-state index in [1.54, 1.807) is 13.4 Å². The summed E-state index contributed by atoms with van der Waals surface area (Å²) in [5.41, 5.74) is 1.76. The summed E-state index contributed by atoms with van der Waals surface area (Å²) in [6, 6.07) is 5.68. The van der Waals surface area contributed by atoms with Gasteiger partial charge in [-0.3, -0.25) is 4.79 Å². The van der Waals surface area contributed by atoms with Gasteiger partial charge >= 0.3 is 0 Å². The molecule has 0 N–H and O–H groups in total. The highest BCUT2D eigenvalue weighted by Gasteiger charge is 2.02. The van der Waals surface area contributed by atoms with Crippen LogP contribution >= 0.6 is 0 Å². The van der Waals surface area contributed by atoms with Gasteiger partial charge in [-0.2, -0.15) is 0 Å². The monoisotopic (exact) mass is 174 g/mol. The van der Waals surface area contributed by atoms with Crippen molar-refractivity contribution in [1.82, 2.24) is 9.55 Å². The van der Waals surface area contributed by atoms with Crippen molar-refractivity contribution >= 4 is 10.9 Å². The van der Waals surface area contributed by atoms with Crippen molar-refractivity contribution in [3.8, 4) is 0 Å². The number of hydrogen-bond acceptors (Lipinski definition) is 2. The predicted molar refractivity (Wildman–Crippen MR) is 51.7 cm³/mol. The third-order valence-electron chi connectivity index (χ3n) is 2.16. The minimum absolute atomic E-state index is 0.0168. The first-order valence-electron chi connectivity index (χ1n) is 4.11. The van der Waals surface area contributed by atoms with E-state index in [2.05, 4.69) is 4.98 Å². The van der Waals surface area contributed by atoms with Crippen LogP contribution in [0.5, 0.6) is 0 Å². The SMILES string of the molecule is Cc1cccc2ncn(C)c(=O)c12. The molecule has 1 aromatic heterocycles. The highest BCUT2D eigenvalue weighted by molar-refractivity contribution is 5.80. The lowest BCUT2D eigenvalue weighted by Gasteiger charge is -2.01. The maximum Gasteiger partial charge on any atom is 0.261 e. The molecule has 3 nitrogen and oxygen atoms in total. The van der Waals surface area contributed by atoms with Gasteiger partial charge in [-0.1, -0.05) is 12.1 Å². The number of aryl methyl sites for hydroxylation is 2. The number of aromatic nitrogens is 2. The summed E-state index contributed by atoms with van der Waals surface area (Å²) in [5.74, 6) is 0. The molecule has 13 heavy (non-hydrogen) atoms. The summed E-state index contributed by atoms with van der Waals surface area (Å²) in [6.07, 6.45) is 1.55. The van der Waals surface area contributed by atoms with Crippen LogP contribution in [-0.4, -0.2) is 9.55 Å². The molecule has 66 valence electrons. The Bertz CT molecular complexity index is 514. The molecule has 1 aromatic carbocycles. The lowest BCUT2D eigenvalue weighted by Crippen LogP contribution is -2.17. The number of rotatable bonds is 0. The summed E-state index contributed by atoms with van der Waals surface area (Å²) in [4.78, 5) is 15.8. The number of nitrogens with zero attached hydrogens (tertiary/aromatic N) is 2. The first-order valence-corrected chi connectivity index (χ1v) is 4.11. The van der Waals surface area contributed by atoms with Gasteiger partial charge in [-0.25, -0.2) is 4.98 Å². The summed E-state index contributed by atoms with van der Waals surface area (Å²) < 4.78 is 1.50. The van der Waals surface area contributed by atoms with Crippen molar-refractivity contribution < 1.29 is 0 Å². The third kappa shape index (κ3) is 1.13. The van der Waals surface area contributed by atoms with E-state index in [9.17, 15) is 4.79 Å². The molecule has 0 saturated heterocycles. The van der Waals surface area contributed by atoms with E-state index in [4.69, 9.17) is 0 Å². The van der Waals surface area contributed by atoms with Gasteiger partial charge in [0.1, 0.15) is 0 Å². The second-order valence-corrected chi connectivity index (χ2v) is 3.13. The number of hydrogen-bond donors (Lipinski definition) is 0. The third-order valence-corrected chi connectivity index (χ3v) is 2.16. The molecule has 0 spiro atoms. The van der Waals surface area contributed by atoms with E-state index < -0.39 is 0 Å². The van der Waals surface area contributed by atoms with Crippen LogP contribution in [0.1, 0.15) is 5.56 Å². The van der Waals surface area contributed by atoms with Crippen molar-refractivity contribution in [1.29, 1.82) is 0 Å². The highest BCUT2D eigenvalue weighted by atomic mass is 16.1. The normalized spacial score (nSPS) is 10.6. The maximum atomic E-state index is 11.7. The molecule has 0 aliphatic heterocycles. The molecule has 0 fully saturated rings. The van der Waals surface area contributed by atoms with Gasteiger partial charge < -0.3 is 4.57 Å². The average Bonchev–Trinajstić information content (AvgIpc) is 2.12. The molecule has 0 unspecified atom stereocenters. The van der Waals surface area contributed by atoms with Crippen LogP contribution in [0.2, 0.25) is 0 Å². The molecule has 0 amide bonds.